The van der Waals surface area contributed by atoms with Crippen LogP contribution in [0.1, 0.15) is 17.4 Å². The Hall–Kier alpha value is -1.91. The maximum absolute atomic E-state index is 10.6. The number of aliphatic hydroxyl groups excluding tert-OH is 5. The molecule has 4 rings (SSSR count). The molecule has 1 aromatic heterocycles. The highest BCUT2D eigenvalue weighted by Crippen LogP contribution is 2.40. The van der Waals surface area contributed by atoms with Gasteiger partial charge in [-0.25, -0.2) is 0 Å². The standard InChI is InChI=1S/C23H27NO6S/c1-13-3-2-4-16-19(13)18(31-15-7-5-14(6-8-15)9-10-25)11-24(16)23-22(29)21(28)20(27)17(12-26)30-23/h2-8,11,17,20-23,25-29H,9-10,12H2,1H3/t17-,20-,21+,22-,23-/m1/s1. The summed E-state index contributed by atoms with van der Waals surface area (Å²) in [6.07, 6.45) is -3.64. The van der Waals surface area contributed by atoms with Gasteiger partial charge in [-0.15, -0.1) is 0 Å². The summed E-state index contributed by atoms with van der Waals surface area (Å²) in [4.78, 5) is 1.98. The number of ether oxygens (including phenoxy) is 1. The maximum atomic E-state index is 10.6. The van der Waals surface area contributed by atoms with E-state index in [2.05, 4.69) is 0 Å². The van der Waals surface area contributed by atoms with Crippen LogP contribution < -0.4 is 0 Å². The summed E-state index contributed by atoms with van der Waals surface area (Å²) in [5, 5.41) is 50.6. The van der Waals surface area contributed by atoms with E-state index in [1.54, 1.807) is 16.3 Å². The molecule has 2 aromatic carbocycles. The average Bonchev–Trinajstić information content (AvgIpc) is 3.13. The maximum Gasteiger partial charge on any atom is 0.163 e. The zero-order chi connectivity index (χ0) is 22.1. The molecule has 0 bridgehead atoms. The Kier molecular flexibility index (Phi) is 6.68. The molecule has 31 heavy (non-hydrogen) atoms. The highest BCUT2D eigenvalue weighted by atomic mass is 32.2. The third-order valence-electron chi connectivity index (χ3n) is 5.72. The van der Waals surface area contributed by atoms with E-state index in [1.165, 1.54) is 0 Å². The molecule has 5 N–H and O–H groups in total. The van der Waals surface area contributed by atoms with Crippen molar-refractivity contribution in [1.29, 1.82) is 0 Å². The zero-order valence-electron chi connectivity index (χ0n) is 17.1. The molecule has 1 saturated heterocycles. The van der Waals surface area contributed by atoms with Crippen molar-refractivity contribution in [1.82, 2.24) is 4.57 Å². The first-order chi connectivity index (χ1) is 14.9. The molecular formula is C23H27NO6S. The first-order valence-corrected chi connectivity index (χ1v) is 11.0. The molecule has 1 aliphatic heterocycles. The predicted molar refractivity (Wildman–Crippen MR) is 117 cm³/mol. The Morgan fingerprint density at radius 1 is 0.968 bits per heavy atom. The normalized spacial score (nSPS) is 26.5. The molecular weight excluding hydrogens is 418 g/mol. The topological polar surface area (TPSA) is 115 Å². The van der Waals surface area contributed by atoms with E-state index in [-0.39, 0.29) is 6.61 Å². The van der Waals surface area contributed by atoms with Gasteiger partial charge in [0.2, 0.25) is 0 Å². The SMILES string of the molecule is Cc1cccc2c1c(Sc1ccc(CCO)cc1)cn2[C@@H]1O[C@H](CO)[C@@H](O)[C@H](O)[C@H]1O. The zero-order valence-corrected chi connectivity index (χ0v) is 17.9. The molecule has 1 aliphatic rings. The van der Waals surface area contributed by atoms with Crippen LogP contribution in [0.15, 0.2) is 58.5 Å². The molecule has 0 aliphatic carbocycles. The second kappa shape index (κ2) is 9.30. The number of aliphatic hydroxyl groups is 5. The smallest absolute Gasteiger partial charge is 0.163 e. The van der Waals surface area contributed by atoms with Crippen LogP contribution in [-0.2, 0) is 11.2 Å². The van der Waals surface area contributed by atoms with E-state index in [1.807, 2.05) is 55.6 Å². The second-order valence-corrected chi connectivity index (χ2v) is 8.92. The molecule has 0 unspecified atom stereocenters. The van der Waals surface area contributed by atoms with Crippen LogP contribution >= 0.6 is 11.8 Å². The van der Waals surface area contributed by atoms with Gasteiger partial charge in [-0.3, -0.25) is 0 Å². The number of nitrogens with zero attached hydrogens (tertiary/aromatic N) is 1. The fourth-order valence-corrected chi connectivity index (χ4v) is 5.09. The van der Waals surface area contributed by atoms with Crippen molar-refractivity contribution in [3.05, 3.63) is 59.8 Å². The van der Waals surface area contributed by atoms with Crippen molar-refractivity contribution in [2.45, 2.75) is 53.8 Å². The lowest BCUT2D eigenvalue weighted by Gasteiger charge is -2.40. The van der Waals surface area contributed by atoms with Crippen LogP contribution in [0.5, 0.6) is 0 Å². The quantitative estimate of drug-likeness (QED) is 0.392. The van der Waals surface area contributed by atoms with Crippen molar-refractivity contribution >= 4 is 22.7 Å². The van der Waals surface area contributed by atoms with E-state index >= 15 is 0 Å². The van der Waals surface area contributed by atoms with E-state index in [0.29, 0.717) is 6.42 Å². The van der Waals surface area contributed by atoms with Crippen LogP contribution in [0.25, 0.3) is 10.9 Å². The molecule has 3 aromatic rings. The fraction of sp³-hybridized carbons (Fsp3) is 0.391. The molecule has 0 saturated carbocycles. The number of benzene rings is 2. The summed E-state index contributed by atoms with van der Waals surface area (Å²) < 4.78 is 7.55. The Bertz CT molecular complexity index is 1030. The van der Waals surface area contributed by atoms with Crippen molar-refractivity contribution in [3.63, 3.8) is 0 Å². The summed E-state index contributed by atoms with van der Waals surface area (Å²) in [6, 6.07) is 13.8. The molecule has 2 heterocycles. The number of aromatic nitrogens is 1. The minimum Gasteiger partial charge on any atom is -0.396 e. The van der Waals surface area contributed by atoms with E-state index < -0.39 is 37.3 Å². The largest absolute Gasteiger partial charge is 0.396 e. The monoisotopic (exact) mass is 445 g/mol. The van der Waals surface area contributed by atoms with Crippen LogP contribution in [0.4, 0.5) is 0 Å². The van der Waals surface area contributed by atoms with Crippen molar-refractivity contribution in [2.24, 2.45) is 0 Å². The van der Waals surface area contributed by atoms with Gasteiger partial charge >= 0.3 is 0 Å². The van der Waals surface area contributed by atoms with Gasteiger partial charge in [0.15, 0.2) is 6.23 Å². The summed E-state index contributed by atoms with van der Waals surface area (Å²) in [6.45, 7) is 1.65. The first-order valence-electron chi connectivity index (χ1n) is 10.2. The Morgan fingerprint density at radius 2 is 1.71 bits per heavy atom. The predicted octanol–water partition coefficient (Wildman–Crippen LogP) is 1.61. The Balaban J connectivity index is 1.73. The minimum absolute atomic E-state index is 0.109. The van der Waals surface area contributed by atoms with Crippen LogP contribution in [0.2, 0.25) is 0 Å². The fourth-order valence-electron chi connectivity index (χ4n) is 4.03. The van der Waals surface area contributed by atoms with Gasteiger partial charge in [-0.2, -0.15) is 0 Å². The Morgan fingerprint density at radius 3 is 2.39 bits per heavy atom. The minimum atomic E-state index is -1.44. The molecule has 5 atom stereocenters. The molecule has 166 valence electrons. The van der Waals surface area contributed by atoms with Crippen molar-refractivity contribution in [3.8, 4) is 0 Å². The second-order valence-electron chi connectivity index (χ2n) is 7.81. The molecule has 0 radical (unpaired) electrons. The highest BCUT2D eigenvalue weighted by Gasteiger charge is 2.44. The van der Waals surface area contributed by atoms with Crippen molar-refractivity contribution < 1.29 is 30.3 Å². The number of aryl methyl sites for hydroxylation is 1. The summed E-state index contributed by atoms with van der Waals surface area (Å²) >= 11 is 1.57. The van der Waals surface area contributed by atoms with Crippen LogP contribution in [-0.4, -0.2) is 67.7 Å². The van der Waals surface area contributed by atoms with Gasteiger partial charge in [0.05, 0.1) is 12.1 Å². The van der Waals surface area contributed by atoms with Crippen LogP contribution in [0, 0.1) is 6.92 Å². The highest BCUT2D eigenvalue weighted by molar-refractivity contribution is 7.99. The van der Waals surface area contributed by atoms with Gasteiger partial charge < -0.3 is 34.8 Å². The van der Waals surface area contributed by atoms with Gasteiger partial charge in [-0.05, 0) is 42.7 Å². The Labute approximate surface area is 184 Å². The molecule has 0 amide bonds. The van der Waals surface area contributed by atoms with Crippen molar-refractivity contribution in [2.75, 3.05) is 13.2 Å². The van der Waals surface area contributed by atoms with E-state index in [9.17, 15) is 20.4 Å². The molecule has 1 fully saturated rings. The third-order valence-corrected chi connectivity index (χ3v) is 6.76. The van der Waals surface area contributed by atoms with E-state index in [4.69, 9.17) is 9.84 Å². The lowest BCUT2D eigenvalue weighted by molar-refractivity contribution is -0.250. The summed E-state index contributed by atoms with van der Waals surface area (Å²) in [5.41, 5.74) is 2.94. The van der Waals surface area contributed by atoms with E-state index in [0.717, 1.165) is 31.8 Å². The number of hydrogen-bond acceptors (Lipinski definition) is 7. The number of hydrogen-bond donors (Lipinski definition) is 5. The van der Waals surface area contributed by atoms with Crippen LogP contribution in [0.3, 0.4) is 0 Å². The lowest BCUT2D eigenvalue weighted by atomic mass is 9.98. The lowest BCUT2D eigenvalue weighted by Crippen LogP contribution is -2.56. The number of rotatable bonds is 6. The van der Waals surface area contributed by atoms with Gasteiger partial charge in [-0.1, -0.05) is 36.0 Å². The molecule has 7 nitrogen and oxygen atoms in total. The van der Waals surface area contributed by atoms with Gasteiger partial charge in [0, 0.05) is 28.0 Å². The average molecular weight is 446 g/mol. The summed E-state index contributed by atoms with van der Waals surface area (Å²) in [5.74, 6) is 0. The molecule has 8 heteroatoms. The number of fused-ring (bicyclic) bond motifs is 1. The first kappa shape index (κ1) is 22.3. The van der Waals surface area contributed by atoms with Gasteiger partial charge in [0.25, 0.3) is 0 Å². The summed E-state index contributed by atoms with van der Waals surface area (Å²) in [7, 11) is 0. The van der Waals surface area contributed by atoms with Gasteiger partial charge in [0.1, 0.15) is 24.4 Å². The molecule has 0 spiro atoms. The third kappa shape index (κ3) is 4.25.